The van der Waals surface area contributed by atoms with E-state index in [2.05, 4.69) is 10.3 Å². The number of rotatable bonds is 4. The average molecular weight is 194 g/mol. The van der Waals surface area contributed by atoms with Crippen LogP contribution in [0.1, 0.15) is 23.8 Å². The van der Waals surface area contributed by atoms with Crippen molar-refractivity contribution < 1.29 is 9.90 Å². The molecule has 1 rings (SSSR count). The molecule has 1 unspecified atom stereocenters. The minimum absolute atomic E-state index is 0.252. The van der Waals surface area contributed by atoms with E-state index in [4.69, 9.17) is 0 Å². The largest absolute Gasteiger partial charge is 0.391 e. The van der Waals surface area contributed by atoms with E-state index in [1.165, 1.54) is 0 Å². The number of hydrogen-bond donors (Lipinski definition) is 2. The first kappa shape index (κ1) is 10.7. The van der Waals surface area contributed by atoms with Crippen molar-refractivity contribution in [2.75, 3.05) is 6.54 Å². The van der Waals surface area contributed by atoms with Gasteiger partial charge in [0, 0.05) is 12.7 Å². The predicted octanol–water partition coefficient (Wildman–Crippen LogP) is 0.582. The molecule has 0 bridgehead atoms. The van der Waals surface area contributed by atoms with E-state index in [1.54, 1.807) is 24.4 Å². The Labute approximate surface area is 83.0 Å². The molecule has 0 saturated carbocycles. The number of nitrogens with zero attached hydrogens (tertiary/aromatic N) is 1. The third-order valence-electron chi connectivity index (χ3n) is 1.87. The summed E-state index contributed by atoms with van der Waals surface area (Å²) >= 11 is 0. The number of amides is 1. The lowest BCUT2D eigenvalue weighted by molar-refractivity contribution is 0.0909. The highest BCUT2D eigenvalue weighted by Gasteiger charge is 2.07. The van der Waals surface area contributed by atoms with Crippen LogP contribution in [-0.4, -0.2) is 28.6 Å². The maximum atomic E-state index is 11.4. The minimum Gasteiger partial charge on any atom is -0.391 e. The van der Waals surface area contributed by atoms with Crippen molar-refractivity contribution >= 4 is 5.91 Å². The SMILES string of the molecule is CCC(O)CNC(=O)c1ccccn1. The van der Waals surface area contributed by atoms with Crippen LogP contribution in [0.4, 0.5) is 0 Å². The van der Waals surface area contributed by atoms with E-state index >= 15 is 0 Å². The zero-order chi connectivity index (χ0) is 10.4. The van der Waals surface area contributed by atoms with Crippen molar-refractivity contribution in [3.8, 4) is 0 Å². The molecule has 1 heterocycles. The lowest BCUT2D eigenvalue weighted by atomic mass is 10.2. The second-order valence-electron chi connectivity index (χ2n) is 2.99. The topological polar surface area (TPSA) is 62.2 Å². The number of aliphatic hydroxyl groups excluding tert-OH is 1. The number of aliphatic hydroxyl groups is 1. The molecule has 1 aromatic rings. The first-order chi connectivity index (χ1) is 6.74. The van der Waals surface area contributed by atoms with Gasteiger partial charge in [-0.2, -0.15) is 0 Å². The van der Waals surface area contributed by atoms with E-state index in [9.17, 15) is 9.90 Å². The van der Waals surface area contributed by atoms with Gasteiger partial charge in [0.25, 0.3) is 5.91 Å². The lowest BCUT2D eigenvalue weighted by Gasteiger charge is -2.08. The van der Waals surface area contributed by atoms with Crippen molar-refractivity contribution in [2.24, 2.45) is 0 Å². The molecule has 0 spiro atoms. The molecule has 1 atom stereocenters. The predicted molar refractivity (Wildman–Crippen MR) is 52.9 cm³/mol. The van der Waals surface area contributed by atoms with Crippen molar-refractivity contribution in [1.82, 2.24) is 10.3 Å². The molecule has 0 aliphatic carbocycles. The van der Waals surface area contributed by atoms with Gasteiger partial charge in [0.1, 0.15) is 5.69 Å². The van der Waals surface area contributed by atoms with Crippen LogP contribution in [0.15, 0.2) is 24.4 Å². The normalized spacial score (nSPS) is 12.1. The van der Waals surface area contributed by atoms with Crippen LogP contribution >= 0.6 is 0 Å². The van der Waals surface area contributed by atoms with E-state index in [0.29, 0.717) is 12.1 Å². The molecule has 0 saturated heterocycles. The highest BCUT2D eigenvalue weighted by atomic mass is 16.3. The molecular weight excluding hydrogens is 180 g/mol. The van der Waals surface area contributed by atoms with E-state index in [-0.39, 0.29) is 12.5 Å². The van der Waals surface area contributed by atoms with Gasteiger partial charge in [-0.1, -0.05) is 13.0 Å². The number of carbonyl (C=O) groups is 1. The van der Waals surface area contributed by atoms with Gasteiger partial charge in [0.15, 0.2) is 0 Å². The second kappa shape index (κ2) is 5.34. The second-order valence-corrected chi connectivity index (χ2v) is 2.99. The van der Waals surface area contributed by atoms with Crippen molar-refractivity contribution in [1.29, 1.82) is 0 Å². The molecule has 4 nitrogen and oxygen atoms in total. The van der Waals surface area contributed by atoms with Crippen LogP contribution in [0, 0.1) is 0 Å². The maximum Gasteiger partial charge on any atom is 0.269 e. The molecule has 1 amide bonds. The first-order valence-electron chi connectivity index (χ1n) is 4.61. The number of aromatic nitrogens is 1. The fraction of sp³-hybridized carbons (Fsp3) is 0.400. The van der Waals surface area contributed by atoms with Gasteiger partial charge in [0.05, 0.1) is 6.10 Å². The number of pyridine rings is 1. The summed E-state index contributed by atoms with van der Waals surface area (Å²) in [6.07, 6.45) is 1.70. The Hall–Kier alpha value is -1.42. The smallest absolute Gasteiger partial charge is 0.269 e. The summed E-state index contributed by atoms with van der Waals surface area (Å²) in [6.45, 7) is 2.13. The Morgan fingerprint density at radius 1 is 1.64 bits per heavy atom. The third kappa shape index (κ3) is 3.14. The highest BCUT2D eigenvalue weighted by Crippen LogP contribution is 1.93. The monoisotopic (exact) mass is 194 g/mol. The third-order valence-corrected chi connectivity index (χ3v) is 1.87. The number of hydrogen-bond acceptors (Lipinski definition) is 3. The summed E-state index contributed by atoms with van der Waals surface area (Å²) in [4.78, 5) is 15.3. The lowest BCUT2D eigenvalue weighted by Crippen LogP contribution is -2.32. The summed E-state index contributed by atoms with van der Waals surface area (Å²) < 4.78 is 0. The Balaban J connectivity index is 2.44. The molecule has 14 heavy (non-hydrogen) atoms. The van der Waals surface area contributed by atoms with Crippen LogP contribution < -0.4 is 5.32 Å². The molecule has 0 aliphatic rings. The molecule has 0 aliphatic heterocycles. The first-order valence-corrected chi connectivity index (χ1v) is 4.61. The van der Waals surface area contributed by atoms with E-state index in [1.807, 2.05) is 6.92 Å². The van der Waals surface area contributed by atoms with Crippen LogP contribution in [0.2, 0.25) is 0 Å². The zero-order valence-electron chi connectivity index (χ0n) is 8.10. The number of carbonyl (C=O) groups excluding carboxylic acids is 1. The van der Waals surface area contributed by atoms with E-state index < -0.39 is 6.10 Å². The van der Waals surface area contributed by atoms with Gasteiger partial charge in [0.2, 0.25) is 0 Å². The molecule has 2 N–H and O–H groups in total. The van der Waals surface area contributed by atoms with Crippen LogP contribution in [-0.2, 0) is 0 Å². The summed E-state index contributed by atoms with van der Waals surface area (Å²) in [6, 6.07) is 5.13. The van der Waals surface area contributed by atoms with Gasteiger partial charge < -0.3 is 10.4 Å². The Kier molecular flexibility index (Phi) is 4.07. The van der Waals surface area contributed by atoms with Gasteiger partial charge in [-0.3, -0.25) is 9.78 Å². The minimum atomic E-state index is -0.484. The molecular formula is C10H14N2O2. The summed E-state index contributed by atoms with van der Waals surface area (Å²) in [5.74, 6) is -0.252. The van der Waals surface area contributed by atoms with Gasteiger partial charge >= 0.3 is 0 Å². The fourth-order valence-corrected chi connectivity index (χ4v) is 0.942. The van der Waals surface area contributed by atoms with Crippen LogP contribution in [0.5, 0.6) is 0 Å². The average Bonchev–Trinajstić information content (AvgIpc) is 2.26. The zero-order valence-corrected chi connectivity index (χ0v) is 8.10. The van der Waals surface area contributed by atoms with Crippen molar-refractivity contribution in [3.63, 3.8) is 0 Å². The van der Waals surface area contributed by atoms with Gasteiger partial charge in [-0.05, 0) is 18.6 Å². The molecule has 4 heteroatoms. The number of nitrogens with one attached hydrogen (secondary N) is 1. The highest BCUT2D eigenvalue weighted by molar-refractivity contribution is 5.92. The summed E-state index contributed by atoms with van der Waals surface area (Å²) in [7, 11) is 0. The molecule has 1 aromatic heterocycles. The Morgan fingerprint density at radius 2 is 2.43 bits per heavy atom. The van der Waals surface area contributed by atoms with Crippen molar-refractivity contribution in [3.05, 3.63) is 30.1 Å². The molecule has 0 fully saturated rings. The Morgan fingerprint density at radius 3 is 3.00 bits per heavy atom. The van der Waals surface area contributed by atoms with E-state index in [0.717, 1.165) is 0 Å². The van der Waals surface area contributed by atoms with Crippen LogP contribution in [0.25, 0.3) is 0 Å². The van der Waals surface area contributed by atoms with Gasteiger partial charge in [-0.15, -0.1) is 0 Å². The fourth-order valence-electron chi connectivity index (χ4n) is 0.942. The standard InChI is InChI=1S/C10H14N2O2/c1-2-8(13)7-12-10(14)9-5-3-4-6-11-9/h3-6,8,13H,2,7H2,1H3,(H,12,14). The van der Waals surface area contributed by atoms with Gasteiger partial charge in [-0.25, -0.2) is 0 Å². The summed E-state index contributed by atoms with van der Waals surface area (Å²) in [5, 5.41) is 11.8. The maximum absolute atomic E-state index is 11.4. The van der Waals surface area contributed by atoms with Crippen LogP contribution in [0.3, 0.4) is 0 Å². The molecule has 0 aromatic carbocycles. The van der Waals surface area contributed by atoms with Crippen molar-refractivity contribution in [2.45, 2.75) is 19.4 Å². The quantitative estimate of drug-likeness (QED) is 0.737. The molecule has 0 radical (unpaired) electrons. The molecule has 76 valence electrons. The Bertz CT molecular complexity index is 287. The summed E-state index contributed by atoms with van der Waals surface area (Å²) in [5.41, 5.74) is 0.371.